The minimum atomic E-state index is -2.59. The number of phenols is 1. The van der Waals surface area contributed by atoms with Crippen LogP contribution in [0.3, 0.4) is 0 Å². The van der Waals surface area contributed by atoms with E-state index in [9.17, 15) is 13.9 Å². The molecule has 4 nitrogen and oxygen atoms in total. The van der Waals surface area contributed by atoms with Crippen molar-refractivity contribution in [3.8, 4) is 5.75 Å². The van der Waals surface area contributed by atoms with Gasteiger partial charge in [0.15, 0.2) is 0 Å². The molecule has 0 atom stereocenters. The summed E-state index contributed by atoms with van der Waals surface area (Å²) in [6.07, 6.45) is -2.59. The fourth-order valence-corrected chi connectivity index (χ4v) is 1.43. The van der Waals surface area contributed by atoms with Gasteiger partial charge in [0.05, 0.1) is 5.52 Å². The van der Waals surface area contributed by atoms with E-state index in [1.54, 1.807) is 7.05 Å². The summed E-state index contributed by atoms with van der Waals surface area (Å²) in [7, 11) is 1.56. The Balaban J connectivity index is 0.000000606. The fourth-order valence-electron chi connectivity index (χ4n) is 1.43. The number of aromatic nitrogens is 2. The van der Waals surface area contributed by atoms with E-state index in [-0.39, 0.29) is 11.4 Å². The van der Waals surface area contributed by atoms with Crippen LogP contribution in [-0.4, -0.2) is 14.9 Å². The van der Waals surface area contributed by atoms with Crippen LogP contribution in [0.4, 0.5) is 13.3 Å². The van der Waals surface area contributed by atoms with Gasteiger partial charge in [-0.25, -0.2) is 8.78 Å². The number of hydrogen-bond donors (Lipinski definition) is 2. The van der Waals surface area contributed by atoms with Crippen LogP contribution in [0.15, 0.2) is 18.2 Å². The van der Waals surface area contributed by atoms with Crippen molar-refractivity contribution in [1.82, 2.24) is 9.78 Å². The molecule has 0 saturated heterocycles. The average molecular weight is 233 g/mol. The molecule has 0 radical (unpaired) electrons. The number of rotatable bonds is 1. The molecule has 0 aliphatic rings. The van der Waals surface area contributed by atoms with Crippen molar-refractivity contribution >= 4 is 10.9 Å². The molecule has 0 aliphatic carbocycles. The van der Waals surface area contributed by atoms with Crippen LogP contribution in [0.25, 0.3) is 10.9 Å². The third kappa shape index (κ3) is 2.08. The van der Waals surface area contributed by atoms with Crippen LogP contribution in [0, 0.1) is 0 Å². The number of alkyl halides is 2. The number of fused-ring (bicyclic) bond motifs is 1. The van der Waals surface area contributed by atoms with E-state index in [1.165, 1.54) is 22.9 Å². The average Bonchev–Trinajstić information content (AvgIpc) is 2.59. The highest BCUT2D eigenvalue weighted by molar-refractivity contribution is 5.83. The van der Waals surface area contributed by atoms with Gasteiger partial charge in [0.25, 0.3) is 6.43 Å². The van der Waals surface area contributed by atoms with Gasteiger partial charge in [-0.15, -0.1) is 4.48 Å². The molecule has 16 heavy (non-hydrogen) atoms. The van der Waals surface area contributed by atoms with Gasteiger partial charge in [0, 0.05) is 18.5 Å². The summed E-state index contributed by atoms with van der Waals surface area (Å²) in [6, 6.07) is 4.23. The molecule has 2 rings (SSSR count). The number of hydrogen-bond acceptors (Lipinski definition) is 3. The summed E-state index contributed by atoms with van der Waals surface area (Å²) in [5, 5.41) is 13.2. The molecule has 0 unspecified atom stereocenters. The zero-order valence-electron chi connectivity index (χ0n) is 8.36. The molecule has 0 spiro atoms. The van der Waals surface area contributed by atoms with E-state index in [0.29, 0.717) is 10.9 Å². The predicted octanol–water partition coefficient (Wildman–Crippen LogP) is 2.05. The Kier molecular flexibility index (Phi) is 3.73. The highest BCUT2D eigenvalue weighted by atomic mass is 19.3. The minimum absolute atomic E-state index is 0.0429. The number of halogens is 3. The maximum absolute atomic E-state index is 12.5. The molecule has 88 valence electrons. The third-order valence-electron chi connectivity index (χ3n) is 2.07. The number of phenolic OH excluding ortho intramolecular Hbond substituents is 1. The van der Waals surface area contributed by atoms with Gasteiger partial charge >= 0.3 is 0 Å². The standard InChI is InChI=1S/C9H8F2N2O.FH2N/c1-13-7-4-5(14)2-3-6(7)8(12-13)9(10)11;1-2/h2-4,9,14H,1H3;2H2. The van der Waals surface area contributed by atoms with Crippen LogP contribution in [0.1, 0.15) is 12.1 Å². The second-order valence-corrected chi connectivity index (χ2v) is 3.01. The topological polar surface area (TPSA) is 64.1 Å². The minimum Gasteiger partial charge on any atom is -0.508 e. The molecule has 0 aliphatic heterocycles. The largest absolute Gasteiger partial charge is 0.508 e. The van der Waals surface area contributed by atoms with E-state index in [1.807, 2.05) is 0 Å². The van der Waals surface area contributed by atoms with Crippen molar-refractivity contribution in [2.45, 2.75) is 6.43 Å². The second-order valence-electron chi connectivity index (χ2n) is 3.01. The predicted molar refractivity (Wildman–Crippen MR) is 52.6 cm³/mol. The molecule has 1 aromatic carbocycles. The van der Waals surface area contributed by atoms with Crippen molar-refractivity contribution < 1.29 is 18.4 Å². The van der Waals surface area contributed by atoms with Crippen molar-refractivity contribution in [2.75, 3.05) is 0 Å². The first-order valence-corrected chi connectivity index (χ1v) is 4.25. The van der Waals surface area contributed by atoms with Gasteiger partial charge in [-0.3, -0.25) is 4.68 Å². The summed E-state index contributed by atoms with van der Waals surface area (Å²) < 4.78 is 35.3. The zero-order valence-corrected chi connectivity index (χ0v) is 8.36. The molecule has 0 bridgehead atoms. The molecule has 1 aromatic heterocycles. The number of benzene rings is 1. The maximum atomic E-state index is 12.5. The summed E-state index contributed by atoms with van der Waals surface area (Å²) in [5.74, 6) is 3.04. The highest BCUT2D eigenvalue weighted by Gasteiger charge is 2.17. The van der Waals surface area contributed by atoms with Crippen LogP contribution < -0.4 is 5.96 Å². The molecule has 3 N–H and O–H groups in total. The van der Waals surface area contributed by atoms with Crippen molar-refractivity contribution in [2.24, 2.45) is 13.0 Å². The molecular weight excluding hydrogens is 223 g/mol. The Bertz CT molecular complexity index is 484. The zero-order chi connectivity index (χ0) is 12.3. The Hall–Kier alpha value is -1.76. The molecule has 0 amide bonds. The molecular formula is C9H10F3N3O. The smallest absolute Gasteiger partial charge is 0.282 e. The van der Waals surface area contributed by atoms with Crippen LogP contribution in [-0.2, 0) is 7.05 Å². The first-order valence-electron chi connectivity index (χ1n) is 4.25. The second kappa shape index (κ2) is 4.84. The quantitative estimate of drug-likeness (QED) is 0.741. The van der Waals surface area contributed by atoms with E-state index >= 15 is 0 Å². The van der Waals surface area contributed by atoms with Gasteiger partial charge in [-0.1, -0.05) is 0 Å². The van der Waals surface area contributed by atoms with Crippen molar-refractivity contribution in [3.05, 3.63) is 23.9 Å². The van der Waals surface area contributed by atoms with E-state index in [0.717, 1.165) is 0 Å². The summed E-state index contributed by atoms with van der Waals surface area (Å²) >= 11 is 0. The van der Waals surface area contributed by atoms with Gasteiger partial charge < -0.3 is 5.11 Å². The fraction of sp³-hybridized carbons (Fsp3) is 0.222. The highest BCUT2D eigenvalue weighted by Crippen LogP contribution is 2.28. The molecule has 2 aromatic rings. The number of nitrogens with zero attached hydrogens (tertiary/aromatic N) is 2. The van der Waals surface area contributed by atoms with Gasteiger partial charge in [-0.2, -0.15) is 11.1 Å². The molecule has 1 heterocycles. The monoisotopic (exact) mass is 233 g/mol. The lowest BCUT2D eigenvalue weighted by Gasteiger charge is -1.95. The molecule has 0 saturated carbocycles. The lowest BCUT2D eigenvalue weighted by molar-refractivity contribution is 0.147. The molecule has 7 heteroatoms. The van der Waals surface area contributed by atoms with Gasteiger partial charge in [0.1, 0.15) is 11.4 Å². The Morgan fingerprint density at radius 2 is 2.00 bits per heavy atom. The summed E-state index contributed by atoms with van der Waals surface area (Å²) in [6.45, 7) is 0. The maximum Gasteiger partial charge on any atom is 0.282 e. The third-order valence-corrected chi connectivity index (χ3v) is 2.07. The van der Waals surface area contributed by atoms with Crippen molar-refractivity contribution in [1.29, 1.82) is 0 Å². The lowest BCUT2D eigenvalue weighted by atomic mass is 10.2. The summed E-state index contributed by atoms with van der Waals surface area (Å²) in [4.78, 5) is 0. The Labute approximate surface area is 89.0 Å². The molecule has 0 fully saturated rings. The lowest BCUT2D eigenvalue weighted by Crippen LogP contribution is -1.91. The van der Waals surface area contributed by atoms with E-state index < -0.39 is 6.43 Å². The number of aromatic hydroxyl groups is 1. The first-order chi connectivity index (χ1) is 7.59. The van der Waals surface area contributed by atoms with E-state index in [4.69, 9.17) is 4.48 Å². The Morgan fingerprint density at radius 1 is 1.38 bits per heavy atom. The summed E-state index contributed by atoms with van der Waals surface area (Å²) in [5.41, 5.74) is 0.253. The van der Waals surface area contributed by atoms with Gasteiger partial charge in [0.2, 0.25) is 0 Å². The Morgan fingerprint density at radius 3 is 2.56 bits per heavy atom. The first kappa shape index (κ1) is 12.3. The van der Waals surface area contributed by atoms with Crippen LogP contribution in [0.5, 0.6) is 5.75 Å². The normalized spacial score (nSPS) is 10.4. The van der Waals surface area contributed by atoms with Gasteiger partial charge in [-0.05, 0) is 12.1 Å². The number of nitrogens with two attached hydrogens (primary N) is 1. The van der Waals surface area contributed by atoms with E-state index in [2.05, 4.69) is 11.1 Å². The van der Waals surface area contributed by atoms with Crippen molar-refractivity contribution in [3.63, 3.8) is 0 Å². The van der Waals surface area contributed by atoms with Crippen LogP contribution in [0.2, 0.25) is 0 Å². The van der Waals surface area contributed by atoms with Crippen LogP contribution >= 0.6 is 0 Å². The SMILES string of the molecule is Cn1nc(C(F)F)c2ccc(O)cc21.NF. The number of aryl methyl sites for hydroxylation is 1.